The van der Waals surface area contributed by atoms with Crippen molar-refractivity contribution in [1.29, 1.82) is 0 Å². The summed E-state index contributed by atoms with van der Waals surface area (Å²) in [5, 5.41) is 8.84. The normalized spacial score (nSPS) is 8.86. The average Bonchev–Trinajstić information content (AvgIpc) is 2.19. The summed E-state index contributed by atoms with van der Waals surface area (Å²) in [6.07, 6.45) is 0. The molecule has 1 aromatic carbocycles. The van der Waals surface area contributed by atoms with Crippen LogP contribution in [0.3, 0.4) is 0 Å². The zero-order chi connectivity index (χ0) is 10.4. The molecule has 2 rings (SSSR count). The van der Waals surface area contributed by atoms with Crippen molar-refractivity contribution in [1.82, 2.24) is 0 Å². The van der Waals surface area contributed by atoms with E-state index in [1.807, 2.05) is 18.2 Å². The van der Waals surface area contributed by atoms with Crippen molar-refractivity contribution in [3.63, 3.8) is 0 Å². The molecule has 0 saturated carbocycles. The molecule has 0 radical (unpaired) electrons. The van der Waals surface area contributed by atoms with Crippen molar-refractivity contribution < 1.29 is 9.62 Å². The van der Waals surface area contributed by atoms with Gasteiger partial charge in [0.15, 0.2) is 5.34 Å². The van der Waals surface area contributed by atoms with Crippen LogP contribution in [0.1, 0.15) is 0 Å². The van der Waals surface area contributed by atoms with Crippen molar-refractivity contribution >= 4 is 11.0 Å². The van der Waals surface area contributed by atoms with Gasteiger partial charge in [0.1, 0.15) is 5.58 Å². The minimum Gasteiger partial charge on any atom is -0.423 e. The fraction of sp³-hybridized carbons (Fsp3) is 0. The molecule has 0 spiro atoms. The summed E-state index contributed by atoms with van der Waals surface area (Å²) in [4.78, 5) is 18.8. The lowest BCUT2D eigenvalue weighted by molar-refractivity contribution is 0.312. The van der Waals surface area contributed by atoms with Gasteiger partial charge in [0.2, 0.25) is 0 Å². The first-order valence-electron chi connectivity index (χ1n) is 3.73. The van der Waals surface area contributed by atoms with E-state index in [9.17, 15) is 4.79 Å². The first-order valence-corrected chi connectivity index (χ1v) is 3.73. The Hall–Kier alpha value is -2.17. The van der Waals surface area contributed by atoms with Gasteiger partial charge < -0.3 is 9.62 Å². The highest BCUT2D eigenvalue weighted by molar-refractivity contribution is 5.75. The molecule has 2 aromatic rings. The van der Waals surface area contributed by atoms with Crippen molar-refractivity contribution in [2.24, 2.45) is 5.34 Å². The Balaban J connectivity index is 0.000000293. The molecule has 0 unspecified atom stereocenters. The number of benzene rings is 1. The van der Waals surface area contributed by atoms with Gasteiger partial charge in [-0.15, -0.1) is 4.91 Å². The molecule has 1 aromatic heterocycles. The second kappa shape index (κ2) is 4.76. The Kier molecular flexibility index (Phi) is 3.37. The van der Waals surface area contributed by atoms with Gasteiger partial charge in [0.05, 0.1) is 0 Å². The molecule has 0 aliphatic heterocycles. The van der Waals surface area contributed by atoms with Crippen LogP contribution < -0.4 is 5.63 Å². The van der Waals surface area contributed by atoms with E-state index >= 15 is 0 Å². The molecule has 0 atom stereocenters. The summed E-state index contributed by atoms with van der Waals surface area (Å²) >= 11 is 0. The van der Waals surface area contributed by atoms with Crippen molar-refractivity contribution in [3.05, 3.63) is 51.7 Å². The molecule has 0 bridgehead atoms. The molecule has 0 aliphatic rings. The first kappa shape index (κ1) is 9.91. The van der Waals surface area contributed by atoms with Crippen molar-refractivity contribution in [2.45, 2.75) is 0 Å². The molecule has 14 heavy (non-hydrogen) atoms. The second-order valence-corrected chi connectivity index (χ2v) is 2.37. The Labute approximate surface area is 78.5 Å². The number of fused-ring (bicyclic) bond motifs is 1. The highest BCUT2D eigenvalue weighted by atomic mass is 16.6. The molecule has 5 heteroatoms. The number of nitrogens with zero attached hydrogens (tertiary/aromatic N) is 1. The van der Waals surface area contributed by atoms with E-state index in [0.29, 0.717) is 5.58 Å². The Bertz CT molecular complexity index is 477. The van der Waals surface area contributed by atoms with E-state index in [1.165, 1.54) is 11.4 Å². The lowest BCUT2D eigenvalue weighted by Crippen LogP contribution is -1.93. The van der Waals surface area contributed by atoms with Crippen LogP contribution in [-0.2, 0) is 0 Å². The first-order chi connectivity index (χ1) is 6.77. The lowest BCUT2D eigenvalue weighted by Gasteiger charge is -1.91. The molecule has 0 amide bonds. The summed E-state index contributed by atoms with van der Waals surface area (Å²) in [6, 6.07) is 10.6. The summed E-state index contributed by atoms with van der Waals surface area (Å²) in [5.41, 5.74) is 0.337. The SMILES string of the molecule is O=NO.O=c1ccc2ccccc2o1. The maximum atomic E-state index is 10.7. The zero-order valence-electron chi connectivity index (χ0n) is 7.08. The Morgan fingerprint density at radius 2 is 1.79 bits per heavy atom. The molecule has 5 nitrogen and oxygen atoms in total. The van der Waals surface area contributed by atoms with Crippen LogP contribution in [-0.4, -0.2) is 5.21 Å². The standard InChI is InChI=1S/C9H6O2.HNO2/c10-9-6-5-7-3-1-2-4-8(7)11-9;2-1-3/h1-6H;(H,2,3). The second-order valence-electron chi connectivity index (χ2n) is 2.37. The summed E-state index contributed by atoms with van der Waals surface area (Å²) in [6.45, 7) is 0. The van der Waals surface area contributed by atoms with Crippen LogP contribution in [0.15, 0.2) is 51.0 Å². The number of para-hydroxylation sites is 1. The maximum absolute atomic E-state index is 10.7. The third-order valence-electron chi connectivity index (χ3n) is 1.53. The van der Waals surface area contributed by atoms with Crippen molar-refractivity contribution in [2.75, 3.05) is 0 Å². The quantitative estimate of drug-likeness (QED) is 0.394. The average molecular weight is 193 g/mol. The third-order valence-corrected chi connectivity index (χ3v) is 1.53. The van der Waals surface area contributed by atoms with Crippen LogP contribution in [0.2, 0.25) is 0 Å². The fourth-order valence-electron chi connectivity index (χ4n) is 1.01. The van der Waals surface area contributed by atoms with E-state index < -0.39 is 0 Å². The number of hydrogen-bond donors (Lipinski definition) is 1. The van der Waals surface area contributed by atoms with E-state index in [1.54, 1.807) is 12.1 Å². The van der Waals surface area contributed by atoms with Crippen LogP contribution in [0.25, 0.3) is 11.0 Å². The molecule has 1 heterocycles. The predicted octanol–water partition coefficient (Wildman–Crippen LogP) is 1.94. The van der Waals surface area contributed by atoms with Gasteiger partial charge in [-0.2, -0.15) is 0 Å². The smallest absolute Gasteiger partial charge is 0.336 e. The summed E-state index contributed by atoms with van der Waals surface area (Å²) in [7, 11) is 0. The molecule has 0 saturated heterocycles. The third kappa shape index (κ3) is 2.41. The molecule has 0 aliphatic carbocycles. The van der Waals surface area contributed by atoms with Gasteiger partial charge in [-0.1, -0.05) is 18.2 Å². The van der Waals surface area contributed by atoms with Gasteiger partial charge in [-0.3, -0.25) is 0 Å². The largest absolute Gasteiger partial charge is 0.423 e. The van der Waals surface area contributed by atoms with E-state index in [0.717, 1.165) is 5.39 Å². The minimum absolute atomic E-state index is 0.302. The van der Waals surface area contributed by atoms with E-state index in [4.69, 9.17) is 14.5 Å². The van der Waals surface area contributed by atoms with E-state index in [-0.39, 0.29) is 5.63 Å². The van der Waals surface area contributed by atoms with Gasteiger partial charge in [0, 0.05) is 11.5 Å². The highest BCUT2D eigenvalue weighted by Crippen LogP contribution is 2.08. The molecular weight excluding hydrogens is 186 g/mol. The molecule has 0 fully saturated rings. The predicted molar refractivity (Wildman–Crippen MR) is 50.1 cm³/mol. The zero-order valence-corrected chi connectivity index (χ0v) is 7.08. The van der Waals surface area contributed by atoms with Crippen LogP contribution >= 0.6 is 0 Å². The topological polar surface area (TPSA) is 79.9 Å². The van der Waals surface area contributed by atoms with Crippen LogP contribution in [0.4, 0.5) is 0 Å². The van der Waals surface area contributed by atoms with Gasteiger partial charge in [-0.05, 0) is 12.1 Å². The summed E-state index contributed by atoms with van der Waals surface area (Å²) in [5.74, 6) is 0. The fourth-order valence-corrected chi connectivity index (χ4v) is 1.01. The van der Waals surface area contributed by atoms with Crippen LogP contribution in [0, 0.1) is 4.91 Å². The van der Waals surface area contributed by atoms with Gasteiger partial charge >= 0.3 is 5.63 Å². The van der Waals surface area contributed by atoms with Gasteiger partial charge in [0.25, 0.3) is 0 Å². The Morgan fingerprint density at radius 1 is 1.14 bits per heavy atom. The molecule has 72 valence electrons. The molecule has 1 N–H and O–H groups in total. The Morgan fingerprint density at radius 3 is 2.50 bits per heavy atom. The monoisotopic (exact) mass is 193 g/mol. The lowest BCUT2D eigenvalue weighted by atomic mass is 10.2. The number of hydrogen-bond acceptors (Lipinski definition) is 4. The number of rotatable bonds is 0. The molecular formula is C9H7NO4. The summed E-state index contributed by atoms with van der Waals surface area (Å²) < 4.78 is 4.91. The van der Waals surface area contributed by atoms with E-state index in [2.05, 4.69) is 0 Å². The van der Waals surface area contributed by atoms with Gasteiger partial charge in [-0.25, -0.2) is 4.79 Å². The minimum atomic E-state index is -0.302. The highest BCUT2D eigenvalue weighted by Gasteiger charge is 1.92. The van der Waals surface area contributed by atoms with Crippen LogP contribution in [0.5, 0.6) is 0 Å². The maximum Gasteiger partial charge on any atom is 0.336 e. The van der Waals surface area contributed by atoms with Crippen molar-refractivity contribution in [3.8, 4) is 0 Å².